The molecule has 0 spiro atoms. The third kappa shape index (κ3) is 6.41. The molecular formula is C25H30ClN3O2. The third-order valence-electron chi connectivity index (χ3n) is 4.82. The van der Waals surface area contributed by atoms with Gasteiger partial charge in [0.1, 0.15) is 11.4 Å². The van der Waals surface area contributed by atoms with Crippen molar-refractivity contribution in [1.82, 2.24) is 9.97 Å². The molecule has 0 N–H and O–H groups in total. The highest BCUT2D eigenvalue weighted by Gasteiger charge is 2.26. The Balaban J connectivity index is 2.02. The molecule has 0 aliphatic carbocycles. The monoisotopic (exact) mass is 439 g/mol. The van der Waals surface area contributed by atoms with Crippen LogP contribution in [0.25, 0.3) is 10.8 Å². The van der Waals surface area contributed by atoms with E-state index in [1.807, 2.05) is 51.1 Å². The SMILES string of the molecule is CC(C)CCc1cc(N(Cc2cccc3ccccc23)C(=O)OC(C)(C)C)nc(Cl)n1. The highest BCUT2D eigenvalue weighted by molar-refractivity contribution is 6.28. The van der Waals surface area contributed by atoms with Gasteiger partial charge in [-0.05, 0) is 67.5 Å². The maximum Gasteiger partial charge on any atom is 0.416 e. The summed E-state index contributed by atoms with van der Waals surface area (Å²) in [4.78, 5) is 23.5. The number of carbonyl (C=O) groups excluding carboxylic acids is 1. The number of rotatable bonds is 6. The van der Waals surface area contributed by atoms with Crippen LogP contribution >= 0.6 is 11.6 Å². The molecule has 0 aliphatic heterocycles. The minimum atomic E-state index is -0.634. The second-order valence-electron chi connectivity index (χ2n) is 9.12. The molecule has 0 atom stereocenters. The van der Waals surface area contributed by atoms with Crippen molar-refractivity contribution >= 4 is 34.3 Å². The van der Waals surface area contributed by atoms with Gasteiger partial charge in [-0.2, -0.15) is 0 Å². The lowest BCUT2D eigenvalue weighted by molar-refractivity contribution is 0.0576. The predicted octanol–water partition coefficient (Wildman–Crippen LogP) is 6.81. The summed E-state index contributed by atoms with van der Waals surface area (Å²) in [5.74, 6) is 0.982. The highest BCUT2D eigenvalue weighted by Crippen LogP contribution is 2.26. The van der Waals surface area contributed by atoms with E-state index in [1.165, 1.54) is 0 Å². The summed E-state index contributed by atoms with van der Waals surface area (Å²) in [6.45, 7) is 10.2. The Kier molecular flexibility index (Phi) is 7.16. The molecule has 2 aromatic carbocycles. The van der Waals surface area contributed by atoms with Gasteiger partial charge >= 0.3 is 6.09 Å². The number of fused-ring (bicyclic) bond motifs is 1. The molecule has 6 heteroatoms. The van der Waals surface area contributed by atoms with Crippen molar-refractivity contribution in [3.05, 3.63) is 65.1 Å². The van der Waals surface area contributed by atoms with E-state index in [0.717, 1.165) is 34.9 Å². The summed E-state index contributed by atoms with van der Waals surface area (Å²) < 4.78 is 5.70. The van der Waals surface area contributed by atoms with Crippen LogP contribution in [0.5, 0.6) is 0 Å². The molecule has 164 valence electrons. The van der Waals surface area contributed by atoms with Gasteiger partial charge < -0.3 is 4.74 Å². The first-order chi connectivity index (χ1) is 14.6. The van der Waals surface area contributed by atoms with Crippen molar-refractivity contribution in [1.29, 1.82) is 0 Å². The molecule has 3 rings (SSSR count). The van der Waals surface area contributed by atoms with Crippen LogP contribution in [0.4, 0.5) is 10.6 Å². The largest absolute Gasteiger partial charge is 0.443 e. The molecule has 1 amide bonds. The Morgan fingerprint density at radius 3 is 2.52 bits per heavy atom. The van der Waals surface area contributed by atoms with Crippen molar-refractivity contribution in [3.63, 3.8) is 0 Å². The number of halogens is 1. The lowest BCUT2D eigenvalue weighted by Gasteiger charge is -2.27. The molecule has 0 bridgehead atoms. The van der Waals surface area contributed by atoms with Gasteiger partial charge in [0.25, 0.3) is 0 Å². The summed E-state index contributed by atoms with van der Waals surface area (Å²) in [6, 6.07) is 16.0. The van der Waals surface area contributed by atoms with Crippen LogP contribution in [0.2, 0.25) is 5.28 Å². The highest BCUT2D eigenvalue weighted by atomic mass is 35.5. The Hall–Kier alpha value is -2.66. The number of hydrogen-bond acceptors (Lipinski definition) is 4. The molecule has 31 heavy (non-hydrogen) atoms. The Morgan fingerprint density at radius 2 is 1.81 bits per heavy atom. The van der Waals surface area contributed by atoms with Gasteiger partial charge in [0.05, 0.1) is 6.54 Å². The summed E-state index contributed by atoms with van der Waals surface area (Å²) in [7, 11) is 0. The fourth-order valence-corrected chi connectivity index (χ4v) is 3.51. The smallest absolute Gasteiger partial charge is 0.416 e. The summed E-state index contributed by atoms with van der Waals surface area (Å²) in [5.41, 5.74) is 1.18. The van der Waals surface area contributed by atoms with Crippen molar-refractivity contribution in [2.45, 2.75) is 59.6 Å². The van der Waals surface area contributed by atoms with Crippen LogP contribution in [0.3, 0.4) is 0 Å². The maximum absolute atomic E-state index is 13.2. The number of carbonyl (C=O) groups is 1. The Bertz CT molecular complexity index is 1050. The number of anilines is 1. The third-order valence-corrected chi connectivity index (χ3v) is 4.98. The molecule has 0 saturated carbocycles. The first-order valence-corrected chi connectivity index (χ1v) is 11.0. The number of aryl methyl sites for hydroxylation is 1. The molecule has 0 radical (unpaired) electrons. The molecule has 1 heterocycles. The van der Waals surface area contributed by atoms with E-state index in [1.54, 1.807) is 4.90 Å². The molecule has 3 aromatic rings. The average molecular weight is 440 g/mol. The number of ether oxygens (including phenoxy) is 1. The first kappa shape index (κ1) is 23.0. The quantitative estimate of drug-likeness (QED) is 0.395. The van der Waals surface area contributed by atoms with Gasteiger partial charge in [-0.25, -0.2) is 14.8 Å². The normalized spacial score (nSPS) is 11.7. The zero-order chi connectivity index (χ0) is 22.6. The van der Waals surface area contributed by atoms with Crippen molar-refractivity contribution in [3.8, 4) is 0 Å². The van der Waals surface area contributed by atoms with Crippen LogP contribution in [-0.4, -0.2) is 21.7 Å². The summed E-state index contributed by atoms with van der Waals surface area (Å²) >= 11 is 6.24. The molecule has 1 aromatic heterocycles. The maximum atomic E-state index is 13.2. The molecule has 5 nitrogen and oxygen atoms in total. The van der Waals surface area contributed by atoms with E-state index in [-0.39, 0.29) is 5.28 Å². The van der Waals surface area contributed by atoms with Crippen molar-refractivity contribution < 1.29 is 9.53 Å². The van der Waals surface area contributed by atoms with E-state index >= 15 is 0 Å². The van der Waals surface area contributed by atoms with Gasteiger partial charge in [-0.15, -0.1) is 0 Å². The van der Waals surface area contributed by atoms with Gasteiger partial charge in [-0.3, -0.25) is 4.90 Å². The average Bonchev–Trinajstić information content (AvgIpc) is 2.68. The Labute approximate surface area is 189 Å². The number of amides is 1. The van der Waals surface area contributed by atoms with E-state index < -0.39 is 11.7 Å². The van der Waals surface area contributed by atoms with E-state index in [2.05, 4.69) is 42.0 Å². The van der Waals surface area contributed by atoms with Crippen LogP contribution < -0.4 is 4.90 Å². The summed E-state index contributed by atoms with van der Waals surface area (Å²) in [6.07, 6.45) is 1.27. The fraction of sp³-hybridized carbons (Fsp3) is 0.400. The topological polar surface area (TPSA) is 55.3 Å². The van der Waals surface area contributed by atoms with Gasteiger partial charge in [0, 0.05) is 11.8 Å². The fourth-order valence-electron chi connectivity index (χ4n) is 3.31. The Morgan fingerprint density at radius 1 is 1.10 bits per heavy atom. The summed E-state index contributed by atoms with van der Waals surface area (Å²) in [5, 5.41) is 2.32. The minimum Gasteiger partial charge on any atom is -0.443 e. The molecule has 0 fully saturated rings. The van der Waals surface area contributed by atoms with E-state index in [4.69, 9.17) is 16.3 Å². The zero-order valence-corrected chi connectivity index (χ0v) is 19.6. The number of benzene rings is 2. The second kappa shape index (κ2) is 9.65. The van der Waals surface area contributed by atoms with Crippen molar-refractivity contribution in [2.75, 3.05) is 4.90 Å². The van der Waals surface area contributed by atoms with E-state index in [9.17, 15) is 4.79 Å². The molecule has 0 unspecified atom stereocenters. The molecular weight excluding hydrogens is 410 g/mol. The predicted molar refractivity (Wildman–Crippen MR) is 127 cm³/mol. The number of hydrogen-bond donors (Lipinski definition) is 0. The first-order valence-electron chi connectivity index (χ1n) is 10.6. The van der Waals surface area contributed by atoms with Crippen LogP contribution in [0.1, 0.15) is 52.3 Å². The standard InChI is InChI=1S/C25H30ClN3O2/c1-17(2)13-14-20-15-22(28-23(26)27-20)29(24(30)31-25(3,4)5)16-19-11-8-10-18-9-6-7-12-21(18)19/h6-12,15,17H,13-14,16H2,1-5H3. The van der Waals surface area contributed by atoms with Gasteiger partial charge in [0.15, 0.2) is 0 Å². The lowest BCUT2D eigenvalue weighted by Crippen LogP contribution is -2.37. The van der Waals surface area contributed by atoms with Gasteiger partial charge in [0.2, 0.25) is 5.28 Å². The molecule has 0 aliphatic rings. The van der Waals surface area contributed by atoms with Crippen LogP contribution in [-0.2, 0) is 17.7 Å². The molecule has 0 saturated heterocycles. The van der Waals surface area contributed by atoms with Crippen LogP contribution in [0, 0.1) is 5.92 Å². The second-order valence-corrected chi connectivity index (χ2v) is 9.46. The number of nitrogens with zero attached hydrogens (tertiary/aromatic N) is 3. The number of aromatic nitrogens is 2. The lowest BCUT2D eigenvalue weighted by atomic mass is 10.0. The minimum absolute atomic E-state index is 0.128. The van der Waals surface area contributed by atoms with Crippen molar-refractivity contribution in [2.24, 2.45) is 5.92 Å². The van der Waals surface area contributed by atoms with E-state index in [0.29, 0.717) is 18.3 Å². The zero-order valence-electron chi connectivity index (χ0n) is 18.9. The van der Waals surface area contributed by atoms with Crippen LogP contribution in [0.15, 0.2) is 48.5 Å². The van der Waals surface area contributed by atoms with Gasteiger partial charge in [-0.1, -0.05) is 56.3 Å².